The number of nitrogens with zero attached hydrogens (tertiary/aromatic N) is 1. The monoisotopic (exact) mass is 156 g/mol. The highest BCUT2D eigenvalue weighted by molar-refractivity contribution is 4.76. The molecule has 2 fully saturated rings. The summed E-state index contributed by atoms with van der Waals surface area (Å²) in [4.78, 5) is 2.49. The molecule has 0 amide bonds. The molecule has 64 valence electrons. The van der Waals surface area contributed by atoms with Crippen LogP contribution in [-0.2, 0) is 4.74 Å². The van der Waals surface area contributed by atoms with Crippen molar-refractivity contribution >= 4 is 0 Å². The predicted octanol–water partition coefficient (Wildman–Crippen LogP) is 0.0281. The third-order valence-corrected chi connectivity index (χ3v) is 2.48. The summed E-state index contributed by atoms with van der Waals surface area (Å²) in [5, 5.41) is 3.46. The Morgan fingerprint density at radius 3 is 2.73 bits per heavy atom. The van der Waals surface area contributed by atoms with Gasteiger partial charge in [-0.15, -0.1) is 0 Å². The van der Waals surface area contributed by atoms with E-state index in [4.69, 9.17) is 4.74 Å². The number of hydrogen-bond acceptors (Lipinski definition) is 3. The highest BCUT2D eigenvalue weighted by Crippen LogP contribution is 2.11. The van der Waals surface area contributed by atoms with Gasteiger partial charge < -0.3 is 4.74 Å². The number of hydrogen-bond donors (Lipinski definition) is 1. The van der Waals surface area contributed by atoms with E-state index >= 15 is 0 Å². The first-order chi connectivity index (χ1) is 5.47. The van der Waals surface area contributed by atoms with Crippen LogP contribution in [0.5, 0.6) is 0 Å². The molecule has 0 radical (unpaired) electrons. The fourth-order valence-electron chi connectivity index (χ4n) is 1.84. The van der Waals surface area contributed by atoms with Crippen molar-refractivity contribution in [2.24, 2.45) is 0 Å². The van der Waals surface area contributed by atoms with Crippen LogP contribution >= 0.6 is 0 Å². The summed E-state index contributed by atoms with van der Waals surface area (Å²) < 4.78 is 5.39. The molecular formula is C8H16N2O. The molecule has 3 heteroatoms. The third kappa shape index (κ3) is 1.72. The molecule has 1 unspecified atom stereocenters. The van der Waals surface area contributed by atoms with Crippen molar-refractivity contribution in [1.29, 1.82) is 0 Å². The summed E-state index contributed by atoms with van der Waals surface area (Å²) in [7, 11) is 0. The maximum atomic E-state index is 5.39. The molecule has 0 aromatic rings. The minimum absolute atomic E-state index is 0.506. The Balaban J connectivity index is 1.82. The van der Waals surface area contributed by atoms with Crippen LogP contribution in [0.15, 0.2) is 0 Å². The topological polar surface area (TPSA) is 24.5 Å². The zero-order chi connectivity index (χ0) is 7.52. The van der Waals surface area contributed by atoms with E-state index in [1.807, 2.05) is 0 Å². The average Bonchev–Trinajstić information content (AvgIpc) is 2.58. The fraction of sp³-hybridized carbons (Fsp3) is 1.00. The van der Waals surface area contributed by atoms with Crippen molar-refractivity contribution in [3.8, 4) is 0 Å². The lowest BCUT2D eigenvalue weighted by Crippen LogP contribution is -2.51. The standard InChI is InChI=1S/C8H16N2O/c1-2-5-10(4-1)8-7-11-6-3-9-8/h8-9H,1-7H2. The Morgan fingerprint density at radius 1 is 1.27 bits per heavy atom. The Kier molecular flexibility index (Phi) is 2.41. The molecule has 0 saturated carbocycles. The van der Waals surface area contributed by atoms with Gasteiger partial charge in [0.15, 0.2) is 0 Å². The van der Waals surface area contributed by atoms with Crippen LogP contribution in [0.2, 0.25) is 0 Å². The van der Waals surface area contributed by atoms with E-state index in [2.05, 4.69) is 10.2 Å². The van der Waals surface area contributed by atoms with E-state index in [1.165, 1.54) is 25.9 Å². The minimum atomic E-state index is 0.506. The molecule has 2 saturated heterocycles. The zero-order valence-electron chi connectivity index (χ0n) is 6.88. The average molecular weight is 156 g/mol. The summed E-state index contributed by atoms with van der Waals surface area (Å²) in [6.07, 6.45) is 3.22. The largest absolute Gasteiger partial charge is 0.377 e. The highest BCUT2D eigenvalue weighted by Gasteiger charge is 2.23. The zero-order valence-corrected chi connectivity index (χ0v) is 6.88. The first-order valence-electron chi connectivity index (χ1n) is 4.52. The maximum Gasteiger partial charge on any atom is 0.0839 e. The van der Waals surface area contributed by atoms with Crippen LogP contribution in [0.25, 0.3) is 0 Å². The van der Waals surface area contributed by atoms with Crippen molar-refractivity contribution in [3.05, 3.63) is 0 Å². The van der Waals surface area contributed by atoms with E-state index in [0.717, 1.165) is 19.8 Å². The van der Waals surface area contributed by atoms with Gasteiger partial charge in [-0.1, -0.05) is 0 Å². The molecule has 0 spiro atoms. The number of nitrogens with one attached hydrogen (secondary N) is 1. The summed E-state index contributed by atoms with van der Waals surface area (Å²) >= 11 is 0. The van der Waals surface area contributed by atoms with Gasteiger partial charge in [-0.05, 0) is 25.9 Å². The minimum Gasteiger partial charge on any atom is -0.377 e. The highest BCUT2D eigenvalue weighted by atomic mass is 16.5. The number of ether oxygens (including phenoxy) is 1. The third-order valence-electron chi connectivity index (χ3n) is 2.48. The second-order valence-electron chi connectivity index (χ2n) is 3.29. The molecular weight excluding hydrogens is 140 g/mol. The first-order valence-corrected chi connectivity index (χ1v) is 4.52. The van der Waals surface area contributed by atoms with Gasteiger partial charge in [0.05, 0.1) is 19.4 Å². The summed E-state index contributed by atoms with van der Waals surface area (Å²) in [6.45, 7) is 5.27. The van der Waals surface area contributed by atoms with Crippen LogP contribution in [0.4, 0.5) is 0 Å². The molecule has 1 N–H and O–H groups in total. The second-order valence-corrected chi connectivity index (χ2v) is 3.29. The molecule has 2 rings (SSSR count). The van der Waals surface area contributed by atoms with E-state index in [9.17, 15) is 0 Å². The van der Waals surface area contributed by atoms with E-state index in [-0.39, 0.29) is 0 Å². The molecule has 2 heterocycles. The van der Waals surface area contributed by atoms with Gasteiger partial charge in [0.25, 0.3) is 0 Å². The summed E-state index contributed by atoms with van der Waals surface area (Å²) in [5.41, 5.74) is 0. The lowest BCUT2D eigenvalue weighted by molar-refractivity contribution is 0.0184. The Hall–Kier alpha value is -0.120. The second kappa shape index (κ2) is 3.52. The van der Waals surface area contributed by atoms with Crippen molar-refractivity contribution in [2.45, 2.75) is 19.0 Å². The Morgan fingerprint density at radius 2 is 2.09 bits per heavy atom. The number of rotatable bonds is 1. The van der Waals surface area contributed by atoms with E-state index in [0.29, 0.717) is 6.17 Å². The maximum absolute atomic E-state index is 5.39. The van der Waals surface area contributed by atoms with Gasteiger partial charge in [0.1, 0.15) is 0 Å². The summed E-state index contributed by atoms with van der Waals surface area (Å²) in [6, 6.07) is 0. The van der Waals surface area contributed by atoms with Crippen molar-refractivity contribution in [2.75, 3.05) is 32.8 Å². The van der Waals surface area contributed by atoms with Crippen LogP contribution < -0.4 is 5.32 Å². The van der Waals surface area contributed by atoms with Gasteiger partial charge in [0, 0.05) is 6.54 Å². The van der Waals surface area contributed by atoms with Crippen molar-refractivity contribution < 1.29 is 4.74 Å². The van der Waals surface area contributed by atoms with Crippen LogP contribution in [0.3, 0.4) is 0 Å². The lowest BCUT2D eigenvalue weighted by Gasteiger charge is -2.31. The molecule has 1 atom stereocenters. The Labute approximate surface area is 67.7 Å². The predicted molar refractivity (Wildman–Crippen MR) is 43.4 cm³/mol. The Bertz CT molecular complexity index is 117. The SMILES string of the molecule is C1CCN(C2COCCN2)C1. The molecule has 3 nitrogen and oxygen atoms in total. The van der Waals surface area contributed by atoms with Crippen molar-refractivity contribution in [1.82, 2.24) is 10.2 Å². The molecule has 0 bridgehead atoms. The molecule has 0 aliphatic carbocycles. The lowest BCUT2D eigenvalue weighted by atomic mass is 10.4. The fourth-order valence-corrected chi connectivity index (χ4v) is 1.84. The quantitative estimate of drug-likeness (QED) is 0.579. The van der Waals surface area contributed by atoms with Crippen LogP contribution in [0, 0.1) is 0 Å². The molecule has 0 aromatic heterocycles. The summed E-state index contributed by atoms with van der Waals surface area (Å²) in [5.74, 6) is 0. The number of morpholine rings is 1. The molecule has 2 aliphatic rings. The van der Waals surface area contributed by atoms with Gasteiger partial charge in [0.2, 0.25) is 0 Å². The number of likely N-dealkylation sites (tertiary alicyclic amines) is 1. The van der Waals surface area contributed by atoms with Crippen LogP contribution in [-0.4, -0.2) is 43.9 Å². The normalized spacial score (nSPS) is 34.4. The van der Waals surface area contributed by atoms with Gasteiger partial charge in [-0.2, -0.15) is 0 Å². The van der Waals surface area contributed by atoms with Gasteiger partial charge in [-0.25, -0.2) is 0 Å². The van der Waals surface area contributed by atoms with E-state index in [1.54, 1.807) is 0 Å². The first kappa shape index (κ1) is 7.53. The van der Waals surface area contributed by atoms with Gasteiger partial charge >= 0.3 is 0 Å². The van der Waals surface area contributed by atoms with Gasteiger partial charge in [-0.3, -0.25) is 10.2 Å². The van der Waals surface area contributed by atoms with E-state index < -0.39 is 0 Å². The molecule has 11 heavy (non-hydrogen) atoms. The van der Waals surface area contributed by atoms with Crippen molar-refractivity contribution in [3.63, 3.8) is 0 Å². The molecule has 0 aromatic carbocycles. The molecule has 2 aliphatic heterocycles. The van der Waals surface area contributed by atoms with Crippen LogP contribution in [0.1, 0.15) is 12.8 Å². The smallest absolute Gasteiger partial charge is 0.0839 e.